The molecule has 1 aromatic heterocycles. The molecular formula is C15H22FN3O. The van der Waals surface area contributed by atoms with Crippen LogP contribution in [-0.2, 0) is 0 Å². The van der Waals surface area contributed by atoms with Crippen LogP contribution in [0.4, 0.5) is 4.39 Å². The summed E-state index contributed by atoms with van der Waals surface area (Å²) in [5, 5.41) is 2.91. The van der Waals surface area contributed by atoms with E-state index in [0.29, 0.717) is 0 Å². The van der Waals surface area contributed by atoms with E-state index in [0.717, 1.165) is 32.5 Å². The van der Waals surface area contributed by atoms with Gasteiger partial charge < -0.3 is 10.2 Å². The van der Waals surface area contributed by atoms with Crippen molar-refractivity contribution in [2.45, 2.75) is 38.6 Å². The van der Waals surface area contributed by atoms with Crippen LogP contribution in [0.15, 0.2) is 18.3 Å². The van der Waals surface area contributed by atoms with Gasteiger partial charge in [-0.3, -0.25) is 4.79 Å². The number of carbonyl (C=O) groups is 1. The average Bonchev–Trinajstić information content (AvgIpc) is 2.47. The summed E-state index contributed by atoms with van der Waals surface area (Å²) in [5.41, 5.74) is 0.0286. The van der Waals surface area contributed by atoms with Crippen LogP contribution >= 0.6 is 0 Å². The number of piperidine rings is 1. The highest BCUT2D eigenvalue weighted by Gasteiger charge is 2.22. The molecule has 0 saturated carbocycles. The van der Waals surface area contributed by atoms with Crippen molar-refractivity contribution < 1.29 is 9.18 Å². The molecule has 0 unspecified atom stereocenters. The van der Waals surface area contributed by atoms with Crippen molar-refractivity contribution in [3.63, 3.8) is 0 Å². The molecule has 0 spiro atoms. The van der Waals surface area contributed by atoms with E-state index in [1.54, 1.807) is 6.07 Å². The minimum atomic E-state index is -0.703. The summed E-state index contributed by atoms with van der Waals surface area (Å²) < 4.78 is 13.4. The lowest BCUT2D eigenvalue weighted by Crippen LogP contribution is -2.45. The van der Waals surface area contributed by atoms with Crippen LogP contribution in [-0.4, -0.2) is 41.5 Å². The van der Waals surface area contributed by atoms with Crippen molar-refractivity contribution in [2.24, 2.45) is 0 Å². The van der Waals surface area contributed by atoms with E-state index in [1.165, 1.54) is 25.1 Å². The third-order valence-electron chi connectivity index (χ3n) is 3.75. The van der Waals surface area contributed by atoms with Crippen molar-refractivity contribution in [2.75, 3.05) is 19.6 Å². The molecule has 2 rings (SSSR count). The fourth-order valence-electron chi connectivity index (χ4n) is 2.50. The molecule has 1 fully saturated rings. The first kappa shape index (κ1) is 14.9. The van der Waals surface area contributed by atoms with Gasteiger partial charge in [-0.2, -0.15) is 4.39 Å². The Bertz CT molecular complexity index is 444. The van der Waals surface area contributed by atoms with Crippen LogP contribution in [0.1, 0.15) is 43.0 Å². The first-order chi connectivity index (χ1) is 9.70. The van der Waals surface area contributed by atoms with Gasteiger partial charge in [0.25, 0.3) is 5.91 Å². The van der Waals surface area contributed by atoms with Crippen LogP contribution in [0.25, 0.3) is 0 Å². The van der Waals surface area contributed by atoms with Gasteiger partial charge in [-0.15, -0.1) is 0 Å². The lowest BCUT2D eigenvalue weighted by molar-refractivity contribution is 0.0906. The molecule has 1 saturated heterocycles. The van der Waals surface area contributed by atoms with Crippen LogP contribution in [0.3, 0.4) is 0 Å². The maximum absolute atomic E-state index is 13.4. The fourth-order valence-corrected chi connectivity index (χ4v) is 2.50. The minimum Gasteiger partial charge on any atom is -0.349 e. The maximum Gasteiger partial charge on any atom is 0.256 e. The first-order valence-corrected chi connectivity index (χ1v) is 7.34. The molecule has 1 aliphatic rings. The van der Waals surface area contributed by atoms with E-state index < -0.39 is 5.95 Å². The summed E-state index contributed by atoms with van der Waals surface area (Å²) in [4.78, 5) is 17.9. The van der Waals surface area contributed by atoms with Crippen LogP contribution in [0.5, 0.6) is 0 Å². The zero-order valence-corrected chi connectivity index (χ0v) is 11.9. The summed E-state index contributed by atoms with van der Waals surface area (Å²) in [6, 6.07) is 3.18. The average molecular weight is 279 g/mol. The second-order valence-electron chi connectivity index (χ2n) is 5.28. The number of hydrogen-bond acceptors (Lipinski definition) is 3. The summed E-state index contributed by atoms with van der Waals surface area (Å²) in [6.07, 6.45) is 5.63. The largest absolute Gasteiger partial charge is 0.349 e. The van der Waals surface area contributed by atoms with E-state index in [-0.39, 0.29) is 17.5 Å². The van der Waals surface area contributed by atoms with E-state index in [4.69, 9.17) is 0 Å². The van der Waals surface area contributed by atoms with Crippen LogP contribution in [0, 0.1) is 5.95 Å². The van der Waals surface area contributed by atoms with E-state index in [2.05, 4.69) is 22.1 Å². The normalized spacial score (nSPS) is 17.1. The Kier molecular flexibility index (Phi) is 5.47. The van der Waals surface area contributed by atoms with Gasteiger partial charge in [0.15, 0.2) is 0 Å². The van der Waals surface area contributed by atoms with Crippen molar-refractivity contribution in [3.05, 3.63) is 29.8 Å². The predicted molar refractivity (Wildman–Crippen MR) is 76.0 cm³/mol. The Morgan fingerprint density at radius 2 is 2.25 bits per heavy atom. The summed E-state index contributed by atoms with van der Waals surface area (Å²) in [5.74, 6) is -1.06. The molecule has 1 N–H and O–H groups in total. The zero-order valence-electron chi connectivity index (χ0n) is 11.9. The number of amides is 1. The van der Waals surface area contributed by atoms with Crippen molar-refractivity contribution in [1.82, 2.24) is 15.2 Å². The second kappa shape index (κ2) is 7.33. The van der Waals surface area contributed by atoms with Gasteiger partial charge in [0, 0.05) is 25.3 Å². The van der Waals surface area contributed by atoms with Crippen molar-refractivity contribution in [3.8, 4) is 0 Å². The SMILES string of the molecule is CCCCN1CCC(NC(=O)c2cccnc2F)CC1. The third-order valence-corrected chi connectivity index (χ3v) is 3.75. The van der Waals surface area contributed by atoms with E-state index >= 15 is 0 Å². The Morgan fingerprint density at radius 3 is 2.90 bits per heavy atom. The molecule has 0 aromatic carbocycles. The number of hydrogen-bond donors (Lipinski definition) is 1. The van der Waals surface area contributed by atoms with Gasteiger partial charge in [0.05, 0.1) is 5.56 Å². The molecule has 1 amide bonds. The lowest BCUT2D eigenvalue weighted by atomic mass is 10.0. The lowest BCUT2D eigenvalue weighted by Gasteiger charge is -2.32. The molecular weight excluding hydrogens is 257 g/mol. The predicted octanol–water partition coefficient (Wildman–Crippen LogP) is 2.21. The van der Waals surface area contributed by atoms with Gasteiger partial charge in [-0.25, -0.2) is 4.98 Å². The van der Waals surface area contributed by atoms with Gasteiger partial charge in [-0.05, 0) is 37.9 Å². The molecule has 20 heavy (non-hydrogen) atoms. The fraction of sp³-hybridized carbons (Fsp3) is 0.600. The Morgan fingerprint density at radius 1 is 1.50 bits per heavy atom. The third kappa shape index (κ3) is 4.00. The highest BCUT2D eigenvalue weighted by Crippen LogP contribution is 2.12. The highest BCUT2D eigenvalue weighted by atomic mass is 19.1. The number of carbonyl (C=O) groups excluding carboxylic acids is 1. The maximum atomic E-state index is 13.4. The van der Waals surface area contributed by atoms with Crippen molar-refractivity contribution >= 4 is 5.91 Å². The van der Waals surface area contributed by atoms with Gasteiger partial charge in [0.2, 0.25) is 5.95 Å². The smallest absolute Gasteiger partial charge is 0.256 e. The minimum absolute atomic E-state index is 0.0286. The standard InChI is InChI=1S/C15H22FN3O/c1-2-3-9-19-10-6-12(7-11-19)18-15(20)13-5-4-8-17-14(13)16/h4-5,8,12H,2-3,6-7,9-11H2,1H3,(H,18,20). The summed E-state index contributed by atoms with van der Waals surface area (Å²) in [6.45, 7) is 5.32. The van der Waals surface area contributed by atoms with Crippen molar-refractivity contribution in [1.29, 1.82) is 0 Å². The first-order valence-electron chi connectivity index (χ1n) is 7.34. The van der Waals surface area contributed by atoms with Gasteiger partial charge in [0.1, 0.15) is 0 Å². The molecule has 0 bridgehead atoms. The summed E-state index contributed by atoms with van der Waals surface area (Å²) in [7, 11) is 0. The number of likely N-dealkylation sites (tertiary alicyclic amines) is 1. The topological polar surface area (TPSA) is 45.2 Å². The number of rotatable bonds is 5. The van der Waals surface area contributed by atoms with E-state index in [9.17, 15) is 9.18 Å². The molecule has 1 aliphatic heterocycles. The second-order valence-corrected chi connectivity index (χ2v) is 5.28. The Balaban J connectivity index is 1.81. The van der Waals surface area contributed by atoms with Crippen LogP contribution in [0.2, 0.25) is 0 Å². The Hall–Kier alpha value is -1.49. The number of pyridine rings is 1. The molecule has 1 aromatic rings. The van der Waals surface area contributed by atoms with Crippen LogP contribution < -0.4 is 5.32 Å². The number of unbranched alkanes of at least 4 members (excludes halogenated alkanes) is 1. The molecule has 2 heterocycles. The highest BCUT2D eigenvalue weighted by molar-refractivity contribution is 5.94. The monoisotopic (exact) mass is 279 g/mol. The van der Waals surface area contributed by atoms with Gasteiger partial charge in [-0.1, -0.05) is 13.3 Å². The molecule has 110 valence electrons. The molecule has 0 radical (unpaired) electrons. The number of aromatic nitrogens is 1. The quantitative estimate of drug-likeness (QED) is 0.841. The summed E-state index contributed by atoms with van der Waals surface area (Å²) >= 11 is 0. The molecule has 5 heteroatoms. The van der Waals surface area contributed by atoms with Gasteiger partial charge >= 0.3 is 0 Å². The number of nitrogens with one attached hydrogen (secondary N) is 1. The van der Waals surface area contributed by atoms with E-state index in [1.807, 2.05) is 0 Å². The molecule has 0 aliphatic carbocycles. The Labute approximate surface area is 119 Å². The molecule has 0 atom stereocenters. The number of halogens is 1. The number of nitrogens with zero attached hydrogens (tertiary/aromatic N) is 2. The zero-order chi connectivity index (χ0) is 14.4. The molecule has 4 nitrogen and oxygen atoms in total.